The lowest BCUT2D eigenvalue weighted by molar-refractivity contribution is -0.387. The molecule has 1 aliphatic carbocycles. The summed E-state index contributed by atoms with van der Waals surface area (Å²) in [5, 5.41) is 49.6. The number of primary sulfonamides is 2. The number of ketones is 1. The number of nitrogens with two attached hydrogens (primary N) is 3. The van der Waals surface area contributed by atoms with Crippen LogP contribution in [0.15, 0.2) is 136 Å². The zero-order valence-electron chi connectivity index (χ0n) is 58.7. The van der Waals surface area contributed by atoms with E-state index in [1.54, 1.807) is 24.4 Å². The van der Waals surface area contributed by atoms with Crippen LogP contribution in [-0.4, -0.2) is 197 Å². The highest BCUT2D eigenvalue weighted by atomic mass is 35.5. The first kappa shape index (κ1) is 86.0. The monoisotopic (exact) mass is 1630 g/mol. The summed E-state index contributed by atoms with van der Waals surface area (Å²) in [7, 11) is -12.4. The van der Waals surface area contributed by atoms with Gasteiger partial charge in [-0.1, -0.05) is 37.1 Å². The van der Waals surface area contributed by atoms with E-state index in [4.69, 9.17) is 60.8 Å². The lowest BCUT2D eigenvalue weighted by atomic mass is 9.72. The average molecular weight is 1630 g/mol. The van der Waals surface area contributed by atoms with Gasteiger partial charge < -0.3 is 59.4 Å². The van der Waals surface area contributed by atoms with Crippen molar-refractivity contribution < 1.29 is 95.5 Å². The molecule has 0 unspecified atom stereocenters. The summed E-state index contributed by atoms with van der Waals surface area (Å²) in [5.41, 5.74) is 7.13. The number of sulfonamides is 2. The lowest BCUT2D eigenvalue weighted by Crippen LogP contribution is -2.47. The van der Waals surface area contributed by atoms with Crippen LogP contribution >= 0.6 is 24.0 Å². The number of allylic oxidation sites excluding steroid dienone is 1. The van der Waals surface area contributed by atoms with Gasteiger partial charge in [-0.05, 0) is 109 Å². The second kappa shape index (κ2) is 37.8. The van der Waals surface area contributed by atoms with E-state index in [-0.39, 0.29) is 85.9 Å². The molecule has 4 aliphatic heterocycles. The number of sulfone groups is 1. The van der Waals surface area contributed by atoms with Crippen molar-refractivity contribution in [2.24, 2.45) is 21.4 Å². The number of nitrogens with zero attached hydrogens (tertiary/aromatic N) is 6. The second-order valence-corrected chi connectivity index (χ2v) is 31.5. The molecule has 6 heterocycles. The molecular formula is C68H80Cl2F4N12O20S3. The molecule has 2 aromatic heterocycles. The quantitative estimate of drug-likeness (QED) is 0.0159. The molecule has 0 spiro atoms. The predicted molar refractivity (Wildman–Crippen MR) is 396 cm³/mol. The number of aromatic amines is 1. The van der Waals surface area contributed by atoms with Crippen LogP contribution in [-0.2, 0) is 64.5 Å². The Morgan fingerprint density at radius 3 is 1.76 bits per heavy atom. The number of nitrogens with one attached hydrogen (secondary N) is 3. The SMILES string of the molecule is CC1(C)CCC(CN2CCN(c3ccc(C(=O)CS(=O)(=O)c4ccc(NC[C@H]5COCCO5)c([N+](=O)[O-])c4)c(Oc4cnc5[nH]ccc5c4)c3)CC2)=C(c2ccc(C(F)(F)F)cc2Cl)C1.Cl.NC[C@H]1COCCO1.NS(=O)(=O)c1ccc(F)c([N+](=O)[O-])c1.NS(=O)(=O)c1ccc(NC[C@H]2COCCO2)c([N+](=O)[O-])c1. The Morgan fingerprint density at radius 1 is 0.706 bits per heavy atom. The fourth-order valence-corrected chi connectivity index (χ4v) is 14.4. The Balaban J connectivity index is 0.000000272. The van der Waals surface area contributed by atoms with Crippen molar-refractivity contribution in [3.63, 3.8) is 0 Å². The Labute approximate surface area is 634 Å². The third-order valence-corrected chi connectivity index (χ3v) is 21.3. The number of anilines is 3. The molecule has 4 saturated heterocycles. The third-order valence-electron chi connectivity index (χ3n) is 17.6. The summed E-state index contributed by atoms with van der Waals surface area (Å²) in [6.45, 7) is 13.2. The minimum Gasteiger partial charge on any atom is -0.455 e. The van der Waals surface area contributed by atoms with Crippen LogP contribution in [0.25, 0.3) is 16.6 Å². The van der Waals surface area contributed by atoms with Gasteiger partial charge in [0.1, 0.15) is 34.3 Å². The van der Waals surface area contributed by atoms with Gasteiger partial charge >= 0.3 is 11.9 Å². The first-order valence-electron chi connectivity index (χ1n) is 33.4. The molecule has 3 atom stereocenters. The van der Waals surface area contributed by atoms with Gasteiger partial charge in [0.05, 0.1) is 125 Å². The van der Waals surface area contributed by atoms with E-state index in [2.05, 4.69) is 44.2 Å². The van der Waals surface area contributed by atoms with Crippen molar-refractivity contribution in [2.75, 3.05) is 133 Å². The summed E-state index contributed by atoms with van der Waals surface area (Å²) >= 11 is 6.53. The molecule has 32 nitrogen and oxygen atoms in total. The zero-order chi connectivity index (χ0) is 78.3. The molecule has 7 aromatic rings. The first-order chi connectivity index (χ1) is 51.0. The van der Waals surface area contributed by atoms with E-state index in [9.17, 15) is 78.0 Å². The summed E-state index contributed by atoms with van der Waals surface area (Å²) in [5.74, 6) is -2.45. The maximum absolute atomic E-state index is 14.0. The number of halogens is 6. The highest BCUT2D eigenvalue weighted by Crippen LogP contribution is 2.46. The smallest absolute Gasteiger partial charge is 0.416 e. The average Bonchev–Trinajstić information content (AvgIpc) is 0.987. The number of piperazine rings is 1. The van der Waals surface area contributed by atoms with Crippen molar-refractivity contribution in [3.05, 3.63) is 179 Å². The van der Waals surface area contributed by atoms with Crippen LogP contribution in [0.5, 0.6) is 11.5 Å². The van der Waals surface area contributed by atoms with E-state index >= 15 is 0 Å². The molecule has 9 N–H and O–H groups in total. The van der Waals surface area contributed by atoms with E-state index < -0.39 is 90.0 Å². The highest BCUT2D eigenvalue weighted by Gasteiger charge is 2.35. The Hall–Kier alpha value is -8.65. The van der Waals surface area contributed by atoms with E-state index in [0.29, 0.717) is 134 Å². The van der Waals surface area contributed by atoms with E-state index in [1.165, 1.54) is 42.6 Å². The standard InChI is InChI=1S/C46H48ClF3N6O8S.C11H15N3O6S.C6H5FN2O4S.C5H11NO2.ClH/c1-45(2)11-9-30(38(23-45)36-6-3-31(20-39(36)47)46(48,49)50)26-54-13-15-55(16-14-54)32-4-7-37(43(21-32)64-33-19-29-10-12-51-44(29)53-24-33)42(57)28-65(60,61)35-5-8-40(41(22-35)56(58)59)52-25-34-27-62-17-18-63-34;12-21(17,18)9-1-2-10(11(5-9)14(15)16)13-6-8-7-19-3-4-20-8;7-5-2-1-4(14(8,12)13)3-6(5)9(10)11;6-3-5-4-7-1-2-8-5;/h3-8,10,12,19-22,24,34,52H,9,11,13-18,23,25-28H2,1-2H3,(H,51,53);1-2,5,8,13H,3-4,6-7H2,(H2,12,17,18);1-3H,(H2,8,12,13);5H,1-4,6H2;1H/t34-;8-;;5-;/m00.0./s1. The topological polar surface area (TPSA) is 451 Å². The van der Waals surface area contributed by atoms with Crippen LogP contribution < -0.4 is 36.3 Å². The summed E-state index contributed by atoms with van der Waals surface area (Å²) in [6, 6.07) is 21.1. The number of carbonyl (C=O) groups excluding carboxylic acids is 1. The number of H-pyrrole nitrogens is 1. The highest BCUT2D eigenvalue weighted by molar-refractivity contribution is 7.92. The number of aromatic nitrogens is 2. The fourth-order valence-electron chi connectivity index (χ4n) is 11.9. The number of benzene rings is 5. The third kappa shape index (κ3) is 24.2. The van der Waals surface area contributed by atoms with Crippen LogP contribution in [0.3, 0.4) is 0 Å². The minimum absolute atomic E-state index is 0. The number of hydrogen-bond acceptors (Lipinski definition) is 26. The number of hydrogen-bond donors (Lipinski definition) is 6. The van der Waals surface area contributed by atoms with Gasteiger partial charge in [-0.25, -0.2) is 40.5 Å². The molecule has 5 aliphatic rings. The fraction of sp³-hybridized carbons (Fsp3) is 0.412. The van der Waals surface area contributed by atoms with Gasteiger partial charge in [-0.15, -0.1) is 12.4 Å². The number of carbonyl (C=O) groups is 1. The molecule has 5 aromatic carbocycles. The van der Waals surface area contributed by atoms with Gasteiger partial charge in [0.2, 0.25) is 25.9 Å². The van der Waals surface area contributed by atoms with E-state index in [1.807, 2.05) is 6.07 Å². The number of pyridine rings is 1. The normalized spacial score (nSPS) is 18.4. The van der Waals surface area contributed by atoms with E-state index in [0.717, 1.165) is 72.0 Å². The Bertz CT molecular complexity index is 4790. The summed E-state index contributed by atoms with van der Waals surface area (Å²) in [6.07, 6.45) is 0.725. The molecule has 109 heavy (non-hydrogen) atoms. The van der Waals surface area contributed by atoms with Crippen molar-refractivity contribution in [1.29, 1.82) is 0 Å². The molecule has 0 saturated carbocycles. The molecule has 0 amide bonds. The number of nitro groups is 3. The molecular weight excluding hydrogens is 1550 g/mol. The van der Waals surface area contributed by atoms with Gasteiger partial charge in [0.15, 0.2) is 15.6 Å². The Morgan fingerprint density at radius 2 is 1.25 bits per heavy atom. The van der Waals surface area contributed by atoms with Gasteiger partial charge in [0.25, 0.3) is 11.4 Å². The zero-order valence-corrected chi connectivity index (χ0v) is 62.7. The predicted octanol–water partition coefficient (Wildman–Crippen LogP) is 9.44. The van der Waals surface area contributed by atoms with Gasteiger partial charge in [-0.3, -0.25) is 40.0 Å². The maximum Gasteiger partial charge on any atom is 0.416 e. The number of nitro benzene ring substituents is 3. The van der Waals surface area contributed by atoms with Crippen LogP contribution in [0.1, 0.15) is 54.6 Å². The number of ether oxygens (including phenoxy) is 7. The maximum atomic E-state index is 14.0. The van der Waals surface area contributed by atoms with Crippen LogP contribution in [0.4, 0.5) is 51.7 Å². The summed E-state index contributed by atoms with van der Waals surface area (Å²) < 4.78 is 163. The number of alkyl halides is 3. The van der Waals surface area contributed by atoms with Crippen LogP contribution in [0.2, 0.25) is 5.02 Å². The number of rotatable bonds is 22. The molecule has 0 bridgehead atoms. The number of Topliss-reactive ketones (excluding diaryl/α,β-unsaturated/α-hetero) is 1. The van der Waals surface area contributed by atoms with Gasteiger partial charge in [-0.2, -0.15) is 17.6 Å². The molecule has 41 heteroatoms. The lowest BCUT2D eigenvalue weighted by Gasteiger charge is -2.39. The van der Waals surface area contributed by atoms with Crippen molar-refractivity contribution in [2.45, 2.75) is 72.3 Å². The number of fused-ring (bicyclic) bond motifs is 1. The second-order valence-electron chi connectivity index (χ2n) is 26.0. The molecule has 592 valence electrons. The van der Waals surface area contributed by atoms with Gasteiger partial charge in [0, 0.05) is 98.9 Å². The van der Waals surface area contributed by atoms with Crippen molar-refractivity contribution >= 4 is 110 Å². The van der Waals surface area contributed by atoms with Crippen molar-refractivity contribution in [3.8, 4) is 11.5 Å². The minimum atomic E-state index is -4.50. The largest absolute Gasteiger partial charge is 0.455 e. The molecule has 4 fully saturated rings. The van der Waals surface area contributed by atoms with Crippen LogP contribution in [0, 0.1) is 41.6 Å². The summed E-state index contributed by atoms with van der Waals surface area (Å²) in [4.78, 5) is 55.6. The first-order valence-corrected chi connectivity index (χ1v) is 38.6. The molecule has 12 rings (SSSR count). The molecule has 0 radical (unpaired) electrons. The Kier molecular flexibility index (Phi) is 29.8. The van der Waals surface area contributed by atoms with Crippen molar-refractivity contribution in [1.82, 2.24) is 14.9 Å².